The van der Waals surface area contributed by atoms with Crippen molar-refractivity contribution in [3.05, 3.63) is 58.6 Å². The maximum absolute atomic E-state index is 13.8. The van der Waals surface area contributed by atoms with E-state index < -0.39 is 41.6 Å². The molecule has 0 fully saturated rings. The van der Waals surface area contributed by atoms with E-state index in [9.17, 15) is 36.8 Å². The first kappa shape index (κ1) is 37.3. The Morgan fingerprint density at radius 3 is 2.26 bits per heavy atom. The van der Waals surface area contributed by atoms with Crippen LogP contribution in [0.3, 0.4) is 0 Å². The number of alkyl halides is 5. The number of allylic oxidation sites excluding steroid dienone is 7. The van der Waals surface area contributed by atoms with Gasteiger partial charge in [0.05, 0.1) is 23.4 Å². The van der Waals surface area contributed by atoms with E-state index in [0.717, 1.165) is 15.6 Å². The fourth-order valence-electron chi connectivity index (χ4n) is 4.26. The number of nitrogens with zero attached hydrogens (tertiary/aromatic N) is 4. The van der Waals surface area contributed by atoms with Gasteiger partial charge in [0.2, 0.25) is 5.91 Å². The molecule has 238 valence electrons. The van der Waals surface area contributed by atoms with Gasteiger partial charge in [0.1, 0.15) is 6.07 Å². The van der Waals surface area contributed by atoms with Crippen molar-refractivity contribution < 1.29 is 31.5 Å². The van der Waals surface area contributed by atoms with Gasteiger partial charge in [-0.2, -0.15) is 32.3 Å². The summed E-state index contributed by atoms with van der Waals surface area (Å²) in [7, 11) is 1.23. The first-order valence-corrected chi connectivity index (χ1v) is 13.9. The molecule has 1 heterocycles. The molecule has 0 aromatic carbocycles. The molecule has 7 nitrogen and oxygen atoms in total. The predicted octanol–water partition coefficient (Wildman–Crippen LogP) is 7.30. The van der Waals surface area contributed by atoms with Crippen LogP contribution in [0.15, 0.2) is 47.2 Å². The zero-order valence-electron chi connectivity index (χ0n) is 26.2. The molecule has 0 aliphatic rings. The molecule has 0 saturated heterocycles. The summed E-state index contributed by atoms with van der Waals surface area (Å²) in [6.07, 6.45) is 2.44. The zero-order valence-corrected chi connectivity index (χ0v) is 26.2. The molecule has 1 aromatic heterocycles. The van der Waals surface area contributed by atoms with Gasteiger partial charge >= 0.3 is 12.7 Å². The summed E-state index contributed by atoms with van der Waals surface area (Å²) in [6.45, 7) is 10.2. The van der Waals surface area contributed by atoms with E-state index in [1.54, 1.807) is 39.0 Å². The van der Waals surface area contributed by atoms with Crippen molar-refractivity contribution in [1.29, 1.82) is 5.26 Å². The van der Waals surface area contributed by atoms with Crippen molar-refractivity contribution in [2.45, 2.75) is 93.0 Å². The van der Waals surface area contributed by atoms with Crippen molar-refractivity contribution in [3.63, 3.8) is 0 Å². The van der Waals surface area contributed by atoms with Gasteiger partial charge in [0, 0.05) is 24.7 Å². The lowest BCUT2D eigenvalue weighted by Crippen LogP contribution is -2.48. The number of hydrogen-bond donors (Lipinski definition) is 1. The van der Waals surface area contributed by atoms with Gasteiger partial charge in [-0.1, -0.05) is 45.9 Å². The molecule has 0 aliphatic carbocycles. The van der Waals surface area contributed by atoms with Crippen molar-refractivity contribution in [2.24, 2.45) is 11.8 Å². The summed E-state index contributed by atoms with van der Waals surface area (Å²) in [6, 6.07) is 2.71. The topological polar surface area (TPSA) is 91.0 Å². The molecule has 0 radical (unpaired) electrons. The zero-order chi connectivity index (χ0) is 33.3. The second kappa shape index (κ2) is 15.6. The Morgan fingerprint density at radius 2 is 1.79 bits per heavy atom. The number of nitriles is 1. The first-order chi connectivity index (χ1) is 19.7. The van der Waals surface area contributed by atoms with Gasteiger partial charge in [-0.3, -0.25) is 14.3 Å². The lowest BCUT2D eigenvalue weighted by molar-refractivity contribution is -0.141. The van der Waals surface area contributed by atoms with Crippen LogP contribution in [0, 0.1) is 23.2 Å². The standard InChI is InChI=1S/C31H42F5N5O2/c1-10-11-12-23(17-40(9)29(32)33)14-20(4)28(43)38-30(7,8)18-41-26(15-27(39-41)31(34,35)36)24(13-19(2)3)21(5)25(16-37)22(6)42/h11-13,15,17,19-20,29H,10,14,18H2,1-9H3,(H,38,43)/b12-11+,23-17+,24-13+,25-21-. The van der Waals surface area contributed by atoms with Crippen molar-refractivity contribution in [3.8, 4) is 6.07 Å². The fourth-order valence-corrected chi connectivity index (χ4v) is 4.26. The SMILES string of the molecule is CC/C=C/C(=C\N(C)C(F)F)CC(C)C(=O)NC(C)(C)Cn1nc(C(F)(F)F)cc1C(=C/C(C)C)/C(C)=C(/C#N)C(C)=O. The maximum Gasteiger partial charge on any atom is 0.435 e. The predicted molar refractivity (Wildman–Crippen MR) is 156 cm³/mol. The smallest absolute Gasteiger partial charge is 0.349 e. The molecule has 0 spiro atoms. The monoisotopic (exact) mass is 611 g/mol. The van der Waals surface area contributed by atoms with Gasteiger partial charge in [-0.05, 0) is 63.7 Å². The van der Waals surface area contributed by atoms with Gasteiger partial charge < -0.3 is 10.2 Å². The van der Waals surface area contributed by atoms with E-state index >= 15 is 0 Å². The van der Waals surface area contributed by atoms with Crippen LogP contribution in [0.2, 0.25) is 0 Å². The average molecular weight is 612 g/mol. The van der Waals surface area contributed by atoms with Crippen LogP contribution in [0.4, 0.5) is 22.0 Å². The lowest BCUT2D eigenvalue weighted by Gasteiger charge is -2.29. The molecule has 0 aliphatic heterocycles. The lowest BCUT2D eigenvalue weighted by atomic mass is 9.93. The highest BCUT2D eigenvalue weighted by atomic mass is 19.4. The summed E-state index contributed by atoms with van der Waals surface area (Å²) in [5, 5.41) is 16.2. The number of hydrogen-bond acceptors (Lipinski definition) is 5. The molecular weight excluding hydrogens is 569 g/mol. The van der Waals surface area contributed by atoms with Crippen molar-refractivity contribution in [2.75, 3.05) is 7.05 Å². The molecule has 0 bridgehead atoms. The molecule has 1 rings (SSSR count). The molecule has 1 unspecified atom stereocenters. The number of nitrogens with one attached hydrogen (secondary N) is 1. The Balaban J connectivity index is 3.51. The molecule has 1 atom stereocenters. The Bertz CT molecular complexity index is 1310. The van der Waals surface area contributed by atoms with Crippen molar-refractivity contribution >= 4 is 17.3 Å². The van der Waals surface area contributed by atoms with Gasteiger partial charge in [0.25, 0.3) is 0 Å². The minimum absolute atomic E-state index is 0.0351. The Kier molecular flexibility index (Phi) is 13.6. The number of halogens is 5. The highest BCUT2D eigenvalue weighted by molar-refractivity contribution is 6.01. The Labute approximate surface area is 250 Å². The average Bonchev–Trinajstić information content (AvgIpc) is 3.28. The molecule has 12 heteroatoms. The summed E-state index contributed by atoms with van der Waals surface area (Å²) >= 11 is 0. The van der Waals surface area contributed by atoms with Crippen LogP contribution >= 0.6 is 0 Å². The minimum Gasteiger partial charge on any atom is -0.349 e. The van der Waals surface area contributed by atoms with E-state index in [0.29, 0.717) is 12.0 Å². The van der Waals surface area contributed by atoms with Crippen molar-refractivity contribution in [1.82, 2.24) is 20.0 Å². The van der Waals surface area contributed by atoms with E-state index in [4.69, 9.17) is 0 Å². The van der Waals surface area contributed by atoms with E-state index in [1.165, 1.54) is 27.1 Å². The third-order valence-corrected chi connectivity index (χ3v) is 6.33. The molecular formula is C31H42F5N5O2. The normalized spacial score (nSPS) is 14.7. The van der Waals surface area contributed by atoms with Gasteiger partial charge in [-0.15, -0.1) is 0 Å². The highest BCUT2D eigenvalue weighted by Gasteiger charge is 2.37. The molecule has 1 N–H and O–H groups in total. The number of carbonyl (C=O) groups is 2. The summed E-state index contributed by atoms with van der Waals surface area (Å²) in [5.41, 5.74) is -1.46. The molecule has 1 aromatic rings. The second-order valence-corrected chi connectivity index (χ2v) is 11.5. The van der Waals surface area contributed by atoms with Gasteiger partial charge in [0.15, 0.2) is 11.5 Å². The van der Waals surface area contributed by atoms with E-state index in [-0.39, 0.29) is 41.3 Å². The van der Waals surface area contributed by atoms with Crippen LogP contribution < -0.4 is 5.32 Å². The molecule has 43 heavy (non-hydrogen) atoms. The van der Waals surface area contributed by atoms with Crippen LogP contribution in [-0.4, -0.2) is 45.5 Å². The van der Waals surface area contributed by atoms with Gasteiger partial charge in [-0.25, -0.2) is 0 Å². The highest BCUT2D eigenvalue weighted by Crippen LogP contribution is 2.34. The summed E-state index contributed by atoms with van der Waals surface area (Å²) < 4.78 is 68.7. The van der Waals surface area contributed by atoms with E-state index in [1.807, 2.05) is 26.8 Å². The number of rotatable bonds is 14. The third-order valence-electron chi connectivity index (χ3n) is 6.33. The number of amides is 1. The third kappa shape index (κ3) is 11.5. The summed E-state index contributed by atoms with van der Waals surface area (Å²) in [5.74, 6) is -1.77. The number of aromatic nitrogens is 2. The van der Waals surface area contributed by atoms with Crippen LogP contribution in [0.1, 0.15) is 79.6 Å². The van der Waals surface area contributed by atoms with E-state index in [2.05, 4.69) is 10.4 Å². The van der Waals surface area contributed by atoms with Crippen LogP contribution in [-0.2, 0) is 22.3 Å². The Morgan fingerprint density at radius 1 is 1.19 bits per heavy atom. The second-order valence-electron chi connectivity index (χ2n) is 11.5. The van der Waals surface area contributed by atoms with Crippen LogP contribution in [0.5, 0.6) is 0 Å². The number of carbonyl (C=O) groups excluding carboxylic acids is 2. The minimum atomic E-state index is -4.78. The summed E-state index contributed by atoms with van der Waals surface area (Å²) in [4.78, 5) is 26.1. The maximum atomic E-state index is 13.8. The number of Topliss-reactive ketones (excluding diaryl/α,β-unsaturated/α-hetero) is 1. The first-order valence-electron chi connectivity index (χ1n) is 13.9. The molecule has 1 amide bonds. The molecule has 0 saturated carbocycles. The quantitative estimate of drug-likeness (QED) is 0.0784. The largest absolute Gasteiger partial charge is 0.435 e. The Hall–Kier alpha value is -3.75. The van der Waals surface area contributed by atoms with Crippen LogP contribution in [0.25, 0.3) is 5.57 Å². The number of ketones is 1. The fraction of sp³-hybridized carbons (Fsp3) is 0.548.